The van der Waals surface area contributed by atoms with Crippen LogP contribution in [0.3, 0.4) is 0 Å². The van der Waals surface area contributed by atoms with Crippen molar-refractivity contribution < 1.29 is 14.3 Å². The van der Waals surface area contributed by atoms with Gasteiger partial charge in [0, 0.05) is 36.2 Å². The number of nitrogens with one attached hydrogen (secondary N) is 1. The molecule has 0 bridgehead atoms. The number of benzene rings is 2. The molecule has 172 valence electrons. The van der Waals surface area contributed by atoms with Crippen molar-refractivity contribution in [3.8, 4) is 11.3 Å². The van der Waals surface area contributed by atoms with Gasteiger partial charge in [0.15, 0.2) is 0 Å². The molecule has 2 aromatic carbocycles. The van der Waals surface area contributed by atoms with Gasteiger partial charge in [-0.1, -0.05) is 36.4 Å². The van der Waals surface area contributed by atoms with E-state index in [4.69, 9.17) is 9.72 Å². The maximum Gasteiger partial charge on any atom is 0.305 e. The molecule has 1 aliphatic rings. The molecule has 1 saturated carbocycles. The second-order valence-electron chi connectivity index (χ2n) is 8.74. The summed E-state index contributed by atoms with van der Waals surface area (Å²) in [5.41, 5.74) is 4.69. The van der Waals surface area contributed by atoms with Crippen LogP contribution in [-0.4, -0.2) is 33.8 Å². The Bertz CT molecular complexity index is 1390. The number of aromatic nitrogens is 3. The zero-order chi connectivity index (χ0) is 23.7. The van der Waals surface area contributed by atoms with Gasteiger partial charge in [-0.25, -0.2) is 4.98 Å². The molecule has 5 rings (SSSR count). The lowest BCUT2D eigenvalue weighted by molar-refractivity contribution is -0.140. The molecule has 4 aromatic rings. The van der Waals surface area contributed by atoms with E-state index in [0.29, 0.717) is 12.0 Å². The smallest absolute Gasteiger partial charge is 0.305 e. The highest BCUT2D eigenvalue weighted by molar-refractivity contribution is 5.97. The minimum absolute atomic E-state index is 0.137. The number of amides is 1. The summed E-state index contributed by atoms with van der Waals surface area (Å²) >= 11 is 0. The van der Waals surface area contributed by atoms with Crippen LogP contribution in [0.5, 0.6) is 0 Å². The zero-order valence-corrected chi connectivity index (χ0v) is 19.2. The van der Waals surface area contributed by atoms with Gasteiger partial charge in [0.05, 0.1) is 30.1 Å². The summed E-state index contributed by atoms with van der Waals surface area (Å²) in [6.45, 7) is 0. The molecule has 7 heteroatoms. The molecule has 7 nitrogen and oxygen atoms in total. The summed E-state index contributed by atoms with van der Waals surface area (Å²) in [6, 6.07) is 17.5. The number of esters is 1. The van der Waals surface area contributed by atoms with E-state index in [0.717, 1.165) is 46.1 Å². The third kappa shape index (κ3) is 4.17. The van der Waals surface area contributed by atoms with Crippen LogP contribution in [0.2, 0.25) is 0 Å². The quantitative estimate of drug-likeness (QED) is 0.424. The van der Waals surface area contributed by atoms with Crippen LogP contribution in [-0.2, 0) is 28.5 Å². The van der Waals surface area contributed by atoms with Gasteiger partial charge in [-0.05, 0) is 48.6 Å². The van der Waals surface area contributed by atoms with Crippen molar-refractivity contribution in [3.63, 3.8) is 0 Å². The first-order chi connectivity index (χ1) is 16.5. The number of carbonyl (C=O) groups excluding carboxylic acids is 2. The molecule has 0 atom stereocenters. The molecule has 0 spiro atoms. The van der Waals surface area contributed by atoms with Gasteiger partial charge < -0.3 is 10.1 Å². The Hall–Kier alpha value is -4.00. The molecule has 1 aliphatic carbocycles. The average Bonchev–Trinajstić information content (AvgIpc) is 3.51. The maximum absolute atomic E-state index is 13.4. The molecular weight excluding hydrogens is 428 g/mol. The molecule has 1 N–H and O–H groups in total. The highest BCUT2D eigenvalue weighted by Gasteiger charge is 2.47. The Labute approximate surface area is 197 Å². The Morgan fingerprint density at radius 3 is 2.62 bits per heavy atom. The summed E-state index contributed by atoms with van der Waals surface area (Å²) in [7, 11) is 3.25. The number of hydrogen-bond acceptors (Lipinski definition) is 5. The van der Waals surface area contributed by atoms with E-state index in [1.54, 1.807) is 10.9 Å². The van der Waals surface area contributed by atoms with E-state index < -0.39 is 5.54 Å². The van der Waals surface area contributed by atoms with Gasteiger partial charge in [0.2, 0.25) is 0 Å². The van der Waals surface area contributed by atoms with E-state index in [2.05, 4.69) is 22.5 Å². The molecule has 2 aromatic heterocycles. The third-order valence-electron chi connectivity index (χ3n) is 6.42. The molecule has 1 amide bonds. The van der Waals surface area contributed by atoms with E-state index >= 15 is 0 Å². The summed E-state index contributed by atoms with van der Waals surface area (Å²) < 4.78 is 6.52. The SMILES string of the molecule is COC(=O)CCc1ccccc1C(=O)NC1(c2cc(-c3cnn(C)c3)nc3ccccc23)CC1. The second-order valence-corrected chi connectivity index (χ2v) is 8.74. The fourth-order valence-electron chi connectivity index (χ4n) is 4.44. The minimum Gasteiger partial charge on any atom is -0.469 e. The van der Waals surface area contributed by atoms with Crippen LogP contribution >= 0.6 is 0 Å². The van der Waals surface area contributed by atoms with Crippen LogP contribution in [0.25, 0.3) is 22.2 Å². The van der Waals surface area contributed by atoms with Crippen LogP contribution in [0.15, 0.2) is 67.0 Å². The van der Waals surface area contributed by atoms with Crippen LogP contribution in [0, 0.1) is 0 Å². The number of carbonyl (C=O) groups is 2. The topological polar surface area (TPSA) is 86.1 Å². The summed E-state index contributed by atoms with van der Waals surface area (Å²) in [5.74, 6) is -0.429. The number of nitrogens with zero attached hydrogens (tertiary/aromatic N) is 3. The predicted octanol–water partition coefficient (Wildman–Crippen LogP) is 4.16. The monoisotopic (exact) mass is 454 g/mol. The Morgan fingerprint density at radius 1 is 1.12 bits per heavy atom. The first-order valence-corrected chi connectivity index (χ1v) is 11.4. The van der Waals surface area contributed by atoms with E-state index in [9.17, 15) is 9.59 Å². The maximum atomic E-state index is 13.4. The number of para-hydroxylation sites is 1. The first-order valence-electron chi connectivity index (χ1n) is 11.4. The lowest BCUT2D eigenvalue weighted by Crippen LogP contribution is -2.35. The predicted molar refractivity (Wildman–Crippen MR) is 129 cm³/mol. The number of hydrogen-bond donors (Lipinski definition) is 1. The second kappa shape index (κ2) is 8.74. The summed E-state index contributed by atoms with van der Waals surface area (Å²) in [5, 5.41) is 8.64. The van der Waals surface area contributed by atoms with Crippen molar-refractivity contribution in [1.82, 2.24) is 20.1 Å². The van der Waals surface area contributed by atoms with Crippen molar-refractivity contribution in [2.45, 2.75) is 31.2 Å². The third-order valence-corrected chi connectivity index (χ3v) is 6.42. The van der Waals surface area contributed by atoms with Gasteiger partial charge >= 0.3 is 5.97 Å². The molecule has 0 saturated heterocycles. The van der Waals surface area contributed by atoms with Gasteiger partial charge in [-0.2, -0.15) is 5.10 Å². The van der Waals surface area contributed by atoms with Crippen molar-refractivity contribution >= 4 is 22.8 Å². The van der Waals surface area contributed by atoms with Gasteiger partial charge in [-0.3, -0.25) is 14.3 Å². The highest BCUT2D eigenvalue weighted by atomic mass is 16.5. The number of ether oxygens (including phenoxy) is 1. The van der Waals surface area contributed by atoms with Gasteiger partial charge in [0.1, 0.15) is 0 Å². The van der Waals surface area contributed by atoms with Gasteiger partial charge in [-0.15, -0.1) is 0 Å². The fourth-order valence-corrected chi connectivity index (χ4v) is 4.44. The number of rotatable bonds is 7. The first kappa shape index (κ1) is 21.8. The number of pyridine rings is 1. The van der Waals surface area contributed by atoms with Crippen LogP contribution < -0.4 is 5.32 Å². The molecule has 1 fully saturated rings. The zero-order valence-electron chi connectivity index (χ0n) is 19.2. The fraction of sp³-hybridized carbons (Fsp3) is 0.259. The normalized spacial score (nSPS) is 14.1. The molecule has 0 unspecified atom stereocenters. The number of methoxy groups -OCH3 is 1. The Kier molecular flexibility index (Phi) is 5.61. The number of aryl methyl sites for hydroxylation is 2. The van der Waals surface area contributed by atoms with Gasteiger partial charge in [0.25, 0.3) is 5.91 Å². The Balaban J connectivity index is 1.49. The largest absolute Gasteiger partial charge is 0.469 e. The molecule has 2 heterocycles. The highest BCUT2D eigenvalue weighted by Crippen LogP contribution is 2.48. The summed E-state index contributed by atoms with van der Waals surface area (Å²) in [4.78, 5) is 29.9. The summed E-state index contributed by atoms with van der Waals surface area (Å²) in [6.07, 6.45) is 6.13. The van der Waals surface area contributed by atoms with Crippen molar-refractivity contribution in [2.24, 2.45) is 7.05 Å². The van der Waals surface area contributed by atoms with E-state index in [-0.39, 0.29) is 18.3 Å². The van der Waals surface area contributed by atoms with Crippen LogP contribution in [0.1, 0.15) is 40.7 Å². The van der Waals surface area contributed by atoms with Crippen molar-refractivity contribution in [1.29, 1.82) is 0 Å². The lowest BCUT2D eigenvalue weighted by Gasteiger charge is -2.22. The molecular formula is C27H26N4O3. The van der Waals surface area contributed by atoms with Crippen LogP contribution in [0.4, 0.5) is 0 Å². The standard InChI is InChI=1S/C27H26N4O3/c1-31-17-19(16-28-31)24-15-22(21-9-5-6-10-23(21)29-24)27(13-14-27)30-26(33)20-8-4-3-7-18(20)11-12-25(32)34-2/h3-10,15-17H,11-14H2,1-2H3,(H,30,33). The number of fused-ring (bicyclic) bond motifs is 1. The lowest BCUT2D eigenvalue weighted by atomic mass is 9.96. The molecule has 0 aliphatic heterocycles. The molecule has 0 radical (unpaired) electrons. The average molecular weight is 455 g/mol. The molecule has 34 heavy (non-hydrogen) atoms. The van der Waals surface area contributed by atoms with Crippen molar-refractivity contribution in [2.75, 3.05) is 7.11 Å². The van der Waals surface area contributed by atoms with Crippen molar-refractivity contribution in [3.05, 3.63) is 83.7 Å². The Morgan fingerprint density at radius 2 is 1.88 bits per heavy atom. The minimum atomic E-state index is -0.452. The van der Waals surface area contributed by atoms with E-state index in [1.807, 2.05) is 55.7 Å². The van der Waals surface area contributed by atoms with E-state index in [1.165, 1.54) is 7.11 Å².